The summed E-state index contributed by atoms with van der Waals surface area (Å²) >= 11 is 0. The highest BCUT2D eigenvalue weighted by molar-refractivity contribution is 6.25. The Morgan fingerprint density at radius 1 is 0.900 bits per heavy atom. The lowest BCUT2D eigenvalue weighted by molar-refractivity contribution is -0.116. The van der Waals surface area contributed by atoms with Crippen molar-refractivity contribution in [1.29, 1.82) is 0 Å². The van der Waals surface area contributed by atoms with Gasteiger partial charge in [-0.25, -0.2) is 0 Å². The van der Waals surface area contributed by atoms with Crippen molar-refractivity contribution < 1.29 is 14.4 Å². The van der Waals surface area contributed by atoms with Gasteiger partial charge in [0.15, 0.2) is 0 Å². The molecule has 0 atom stereocenters. The second kappa shape index (κ2) is 7.75. The summed E-state index contributed by atoms with van der Waals surface area (Å²) in [5, 5.41) is 4.57. The fourth-order valence-corrected chi connectivity index (χ4v) is 4.26. The zero-order chi connectivity index (χ0) is 21.4. The van der Waals surface area contributed by atoms with E-state index in [2.05, 4.69) is 5.32 Å². The number of imide groups is 1. The Kier molecular flexibility index (Phi) is 5.12. The van der Waals surface area contributed by atoms with Gasteiger partial charge in [-0.15, -0.1) is 0 Å². The van der Waals surface area contributed by atoms with Crippen LogP contribution in [0.15, 0.2) is 48.5 Å². The molecule has 1 heterocycles. The number of benzene rings is 3. The second-order valence-corrected chi connectivity index (χ2v) is 7.90. The van der Waals surface area contributed by atoms with Gasteiger partial charge in [-0.2, -0.15) is 0 Å². The molecule has 4 rings (SSSR count). The predicted molar refractivity (Wildman–Crippen MR) is 118 cm³/mol. The van der Waals surface area contributed by atoms with Crippen LogP contribution in [0.2, 0.25) is 0 Å². The Morgan fingerprint density at radius 3 is 2.03 bits per heavy atom. The van der Waals surface area contributed by atoms with Gasteiger partial charge in [-0.3, -0.25) is 19.3 Å². The van der Waals surface area contributed by atoms with Crippen LogP contribution in [0, 0.1) is 20.8 Å². The summed E-state index contributed by atoms with van der Waals surface area (Å²) in [6.45, 7) is 6.18. The first kappa shape index (κ1) is 19.8. The molecule has 0 saturated heterocycles. The molecule has 152 valence electrons. The minimum absolute atomic E-state index is 0.121. The second-order valence-electron chi connectivity index (χ2n) is 7.90. The van der Waals surface area contributed by atoms with Crippen LogP contribution in [0.5, 0.6) is 0 Å². The van der Waals surface area contributed by atoms with Crippen molar-refractivity contribution in [3.8, 4) is 0 Å². The van der Waals surface area contributed by atoms with E-state index in [0.29, 0.717) is 22.9 Å². The molecule has 3 aromatic rings. The number of carbonyl (C=O) groups excluding carboxylic acids is 3. The maximum absolute atomic E-state index is 12.9. The Balaban J connectivity index is 1.44. The smallest absolute Gasteiger partial charge is 0.261 e. The number of nitrogens with one attached hydrogen (secondary N) is 1. The van der Waals surface area contributed by atoms with Crippen LogP contribution in [0.3, 0.4) is 0 Å². The molecule has 5 nitrogen and oxygen atoms in total. The largest absolute Gasteiger partial charge is 0.326 e. The normalized spacial score (nSPS) is 13.1. The third kappa shape index (κ3) is 3.47. The molecule has 0 saturated carbocycles. The van der Waals surface area contributed by atoms with Crippen molar-refractivity contribution in [2.75, 3.05) is 11.9 Å². The van der Waals surface area contributed by atoms with Gasteiger partial charge in [-0.1, -0.05) is 42.0 Å². The predicted octanol–water partition coefficient (Wildman–Crippen LogP) is 4.78. The van der Waals surface area contributed by atoms with Crippen LogP contribution in [-0.2, 0) is 4.79 Å². The number of nitrogens with zero attached hydrogens (tertiary/aromatic N) is 1. The molecule has 5 heteroatoms. The summed E-state index contributed by atoms with van der Waals surface area (Å²) in [7, 11) is 0. The summed E-state index contributed by atoms with van der Waals surface area (Å²) in [6.07, 6.45) is 0.640. The third-order valence-electron chi connectivity index (χ3n) is 5.58. The van der Waals surface area contributed by atoms with Gasteiger partial charge < -0.3 is 5.32 Å². The lowest BCUT2D eigenvalue weighted by atomic mass is 9.94. The van der Waals surface area contributed by atoms with Crippen molar-refractivity contribution in [2.24, 2.45) is 0 Å². The third-order valence-corrected chi connectivity index (χ3v) is 5.58. The van der Waals surface area contributed by atoms with E-state index in [1.165, 1.54) is 4.90 Å². The van der Waals surface area contributed by atoms with Crippen molar-refractivity contribution in [3.05, 3.63) is 76.3 Å². The maximum Gasteiger partial charge on any atom is 0.261 e. The standard InChI is InChI=1S/C25H24N2O3/c1-15-13-16(2)23(17(3)14-15)26-21(28)11-6-12-27-24(29)19-9-4-7-18-8-5-10-20(22(18)19)25(27)30/h4-5,7-10,13-14H,6,11-12H2,1-3H3,(H,26,28). The molecule has 3 aromatic carbocycles. The topological polar surface area (TPSA) is 66.5 Å². The zero-order valence-corrected chi connectivity index (χ0v) is 17.4. The molecule has 0 unspecified atom stereocenters. The summed E-state index contributed by atoms with van der Waals surface area (Å²) in [6, 6.07) is 15.0. The number of carbonyl (C=O) groups is 3. The average Bonchev–Trinajstić information content (AvgIpc) is 2.71. The first-order chi connectivity index (χ1) is 14.4. The molecule has 0 spiro atoms. The highest BCUT2D eigenvalue weighted by atomic mass is 16.2. The van der Waals surface area contributed by atoms with Crippen LogP contribution in [0.1, 0.15) is 50.2 Å². The quantitative estimate of drug-likeness (QED) is 0.627. The molecule has 0 aliphatic carbocycles. The van der Waals surface area contributed by atoms with E-state index in [9.17, 15) is 14.4 Å². The molecule has 30 heavy (non-hydrogen) atoms. The minimum atomic E-state index is -0.296. The average molecular weight is 400 g/mol. The zero-order valence-electron chi connectivity index (χ0n) is 17.4. The van der Waals surface area contributed by atoms with E-state index in [4.69, 9.17) is 0 Å². The molecular weight excluding hydrogens is 376 g/mol. The maximum atomic E-state index is 12.9. The van der Waals surface area contributed by atoms with Crippen molar-refractivity contribution in [2.45, 2.75) is 33.6 Å². The molecule has 3 amide bonds. The van der Waals surface area contributed by atoms with Crippen LogP contribution in [0.25, 0.3) is 10.8 Å². The van der Waals surface area contributed by atoms with Crippen LogP contribution in [-0.4, -0.2) is 29.2 Å². The molecular formula is C25H24N2O3. The summed E-state index contributed by atoms with van der Waals surface area (Å²) in [5.41, 5.74) is 5.10. The van der Waals surface area contributed by atoms with Gasteiger partial charge >= 0.3 is 0 Å². The van der Waals surface area contributed by atoms with E-state index in [-0.39, 0.29) is 30.7 Å². The van der Waals surface area contributed by atoms with Crippen LogP contribution >= 0.6 is 0 Å². The minimum Gasteiger partial charge on any atom is -0.326 e. The van der Waals surface area contributed by atoms with Gasteiger partial charge in [-0.05, 0) is 55.8 Å². The summed E-state index contributed by atoms with van der Waals surface area (Å²) < 4.78 is 0. The van der Waals surface area contributed by atoms with Crippen LogP contribution in [0.4, 0.5) is 5.69 Å². The number of aryl methyl sites for hydroxylation is 3. The summed E-state index contributed by atoms with van der Waals surface area (Å²) in [5.74, 6) is -0.714. The van der Waals surface area contributed by atoms with Crippen molar-refractivity contribution in [3.63, 3.8) is 0 Å². The number of hydrogen-bond donors (Lipinski definition) is 1. The molecule has 1 N–H and O–H groups in total. The Labute approximate surface area is 175 Å². The van der Waals surface area contributed by atoms with E-state index in [1.807, 2.05) is 57.2 Å². The monoisotopic (exact) mass is 400 g/mol. The fraction of sp³-hybridized carbons (Fsp3) is 0.240. The number of hydrogen-bond acceptors (Lipinski definition) is 3. The molecule has 1 aliphatic rings. The molecule has 0 radical (unpaired) electrons. The summed E-state index contributed by atoms with van der Waals surface area (Å²) in [4.78, 5) is 39.5. The first-order valence-corrected chi connectivity index (χ1v) is 10.1. The number of amides is 3. The van der Waals surface area contributed by atoms with Gasteiger partial charge in [0.25, 0.3) is 11.8 Å². The van der Waals surface area contributed by atoms with E-state index < -0.39 is 0 Å². The van der Waals surface area contributed by atoms with E-state index in [1.54, 1.807) is 12.1 Å². The molecule has 0 fully saturated rings. The lowest BCUT2D eigenvalue weighted by Gasteiger charge is -2.27. The highest BCUT2D eigenvalue weighted by Gasteiger charge is 2.32. The van der Waals surface area contributed by atoms with Gasteiger partial charge in [0, 0.05) is 35.2 Å². The Morgan fingerprint density at radius 2 is 1.47 bits per heavy atom. The molecule has 0 bridgehead atoms. The Bertz CT molecular complexity index is 1120. The highest BCUT2D eigenvalue weighted by Crippen LogP contribution is 2.30. The Hall–Kier alpha value is -3.47. The van der Waals surface area contributed by atoms with E-state index >= 15 is 0 Å². The fourth-order valence-electron chi connectivity index (χ4n) is 4.26. The number of rotatable bonds is 5. The van der Waals surface area contributed by atoms with Crippen molar-refractivity contribution in [1.82, 2.24) is 4.90 Å². The number of anilines is 1. The SMILES string of the molecule is Cc1cc(C)c(NC(=O)CCCN2C(=O)c3cccc4cccc(c34)C2=O)c(C)c1. The van der Waals surface area contributed by atoms with Gasteiger partial charge in [0.2, 0.25) is 5.91 Å². The molecule has 1 aliphatic heterocycles. The van der Waals surface area contributed by atoms with Crippen LogP contribution < -0.4 is 5.32 Å². The lowest BCUT2D eigenvalue weighted by Crippen LogP contribution is -2.41. The van der Waals surface area contributed by atoms with Gasteiger partial charge in [0.05, 0.1) is 0 Å². The molecule has 0 aromatic heterocycles. The van der Waals surface area contributed by atoms with Crippen molar-refractivity contribution >= 4 is 34.2 Å². The van der Waals surface area contributed by atoms with Gasteiger partial charge in [0.1, 0.15) is 0 Å². The van der Waals surface area contributed by atoms with E-state index in [0.717, 1.165) is 27.8 Å². The first-order valence-electron chi connectivity index (χ1n) is 10.1.